The molecule has 4 heteroatoms. The summed E-state index contributed by atoms with van der Waals surface area (Å²) in [5.41, 5.74) is 5.00. The van der Waals surface area contributed by atoms with Crippen LogP contribution in [0.25, 0.3) is 0 Å². The Balaban J connectivity index is 1.84. The molecule has 1 aliphatic rings. The molecule has 2 aromatic rings. The third-order valence-corrected chi connectivity index (χ3v) is 6.01. The van der Waals surface area contributed by atoms with E-state index in [0.29, 0.717) is 0 Å². The van der Waals surface area contributed by atoms with Gasteiger partial charge in [-0.3, -0.25) is 0 Å². The van der Waals surface area contributed by atoms with E-state index in [1.54, 1.807) is 0 Å². The minimum atomic E-state index is 1.14. The summed E-state index contributed by atoms with van der Waals surface area (Å²) in [4.78, 5) is 7.30. The van der Waals surface area contributed by atoms with Crippen molar-refractivity contribution in [2.24, 2.45) is 0 Å². The molecular formula is C22H31N3S. The second-order valence-electron chi connectivity index (χ2n) is 7.18. The first-order valence-corrected chi connectivity index (χ1v) is 10.6. The zero-order valence-electron chi connectivity index (χ0n) is 16.5. The molecular weight excluding hydrogens is 338 g/mol. The number of nitrogens with one attached hydrogen (secondary N) is 1. The van der Waals surface area contributed by atoms with Gasteiger partial charge in [0.2, 0.25) is 0 Å². The lowest BCUT2D eigenvalue weighted by Gasteiger charge is -2.28. The van der Waals surface area contributed by atoms with Gasteiger partial charge in [0.25, 0.3) is 0 Å². The number of benzene rings is 2. The fourth-order valence-corrected chi connectivity index (χ4v) is 4.16. The van der Waals surface area contributed by atoms with Crippen LogP contribution in [-0.2, 0) is 0 Å². The van der Waals surface area contributed by atoms with Gasteiger partial charge < -0.3 is 15.1 Å². The Morgan fingerprint density at radius 1 is 0.808 bits per heavy atom. The topological polar surface area (TPSA) is 18.5 Å². The predicted molar refractivity (Wildman–Crippen MR) is 117 cm³/mol. The van der Waals surface area contributed by atoms with Crippen LogP contribution in [-0.4, -0.2) is 27.2 Å². The van der Waals surface area contributed by atoms with Crippen LogP contribution in [0, 0.1) is 0 Å². The first-order valence-electron chi connectivity index (χ1n) is 9.77. The molecule has 0 bridgehead atoms. The van der Waals surface area contributed by atoms with Crippen LogP contribution >= 0.6 is 11.8 Å². The molecule has 0 saturated heterocycles. The third kappa shape index (κ3) is 4.29. The number of unbranched alkanes of at least 4 members (excludes halogenated alkanes) is 2. The monoisotopic (exact) mass is 369 g/mol. The Morgan fingerprint density at radius 2 is 1.35 bits per heavy atom. The number of hydrogen-bond acceptors (Lipinski definition) is 4. The van der Waals surface area contributed by atoms with Crippen molar-refractivity contribution in [1.29, 1.82) is 0 Å². The molecule has 0 aromatic heterocycles. The molecule has 0 saturated carbocycles. The largest absolute Gasteiger partial charge is 0.378 e. The van der Waals surface area contributed by atoms with Crippen molar-refractivity contribution < 1.29 is 0 Å². The molecule has 3 nitrogen and oxygen atoms in total. The molecule has 140 valence electrons. The fraction of sp³-hybridized carbons (Fsp3) is 0.455. The molecule has 0 spiro atoms. The number of nitrogens with zero attached hydrogens (tertiary/aromatic N) is 2. The molecule has 0 atom stereocenters. The van der Waals surface area contributed by atoms with Crippen LogP contribution in [0.4, 0.5) is 22.7 Å². The predicted octanol–water partition coefficient (Wildman–Crippen LogP) is 6.37. The van der Waals surface area contributed by atoms with Gasteiger partial charge in [-0.1, -0.05) is 38.5 Å². The highest BCUT2D eigenvalue weighted by molar-refractivity contribution is 7.99. The van der Waals surface area contributed by atoms with E-state index in [9.17, 15) is 0 Å². The molecule has 3 rings (SSSR count). The van der Waals surface area contributed by atoms with Crippen molar-refractivity contribution in [2.75, 3.05) is 42.3 Å². The van der Waals surface area contributed by atoms with Crippen LogP contribution in [0.3, 0.4) is 0 Å². The van der Waals surface area contributed by atoms with Gasteiger partial charge in [0, 0.05) is 48.4 Å². The van der Waals surface area contributed by atoms with E-state index >= 15 is 0 Å². The number of hydrogen-bond donors (Lipinski definition) is 1. The van der Waals surface area contributed by atoms with E-state index in [1.807, 2.05) is 11.8 Å². The average molecular weight is 370 g/mol. The quantitative estimate of drug-likeness (QED) is 0.497. The lowest BCUT2D eigenvalue weighted by molar-refractivity contribution is 0.678. The van der Waals surface area contributed by atoms with E-state index in [2.05, 4.69) is 79.5 Å². The highest BCUT2D eigenvalue weighted by Crippen LogP contribution is 2.46. The second kappa shape index (κ2) is 8.72. The minimum Gasteiger partial charge on any atom is -0.378 e. The molecule has 0 amide bonds. The van der Waals surface area contributed by atoms with Crippen molar-refractivity contribution in [2.45, 2.75) is 49.3 Å². The Hall–Kier alpha value is -1.81. The van der Waals surface area contributed by atoms with Gasteiger partial charge in [0.15, 0.2) is 0 Å². The number of rotatable bonds is 8. The molecule has 0 unspecified atom stereocenters. The molecule has 1 N–H and O–H groups in total. The zero-order chi connectivity index (χ0) is 18.5. The van der Waals surface area contributed by atoms with Gasteiger partial charge in [-0.05, 0) is 49.2 Å². The van der Waals surface area contributed by atoms with E-state index in [0.717, 1.165) is 13.1 Å². The molecule has 0 radical (unpaired) electrons. The Bertz CT molecular complexity index is 734. The SMILES string of the molecule is CCCCN(CCCC)c1ccc2c(c1)Nc1cc(N(C)C)ccc1S2. The summed E-state index contributed by atoms with van der Waals surface area (Å²) >= 11 is 1.86. The Morgan fingerprint density at radius 3 is 1.88 bits per heavy atom. The van der Waals surface area contributed by atoms with Crippen molar-refractivity contribution in [1.82, 2.24) is 0 Å². The molecule has 1 aliphatic heterocycles. The van der Waals surface area contributed by atoms with Crippen molar-refractivity contribution in [3.05, 3.63) is 36.4 Å². The normalized spacial score (nSPS) is 12.2. The van der Waals surface area contributed by atoms with E-state index < -0.39 is 0 Å². The number of anilines is 4. The first-order chi connectivity index (χ1) is 12.6. The smallest absolute Gasteiger partial charge is 0.0547 e. The fourth-order valence-electron chi connectivity index (χ4n) is 3.22. The van der Waals surface area contributed by atoms with E-state index in [-0.39, 0.29) is 0 Å². The third-order valence-electron chi connectivity index (χ3n) is 4.86. The Kier molecular flexibility index (Phi) is 6.36. The molecule has 2 aromatic carbocycles. The molecule has 0 fully saturated rings. The van der Waals surface area contributed by atoms with E-state index in [4.69, 9.17) is 0 Å². The summed E-state index contributed by atoms with van der Waals surface area (Å²) in [6, 6.07) is 13.5. The summed E-state index contributed by atoms with van der Waals surface area (Å²) in [5.74, 6) is 0. The van der Waals surface area contributed by atoms with E-state index in [1.165, 1.54) is 58.2 Å². The van der Waals surface area contributed by atoms with Crippen LogP contribution in [0.15, 0.2) is 46.2 Å². The van der Waals surface area contributed by atoms with Gasteiger partial charge in [0.1, 0.15) is 0 Å². The summed E-state index contributed by atoms with van der Waals surface area (Å²) in [7, 11) is 4.17. The first kappa shape index (κ1) is 19.0. The van der Waals surface area contributed by atoms with Gasteiger partial charge in [-0.15, -0.1) is 0 Å². The van der Waals surface area contributed by atoms with Crippen molar-refractivity contribution >= 4 is 34.5 Å². The van der Waals surface area contributed by atoms with Gasteiger partial charge in [-0.25, -0.2) is 0 Å². The van der Waals surface area contributed by atoms with Gasteiger partial charge >= 0.3 is 0 Å². The average Bonchev–Trinajstić information content (AvgIpc) is 2.65. The molecule has 0 aliphatic carbocycles. The summed E-state index contributed by atoms with van der Waals surface area (Å²) in [5, 5.41) is 3.67. The molecule has 1 heterocycles. The zero-order valence-corrected chi connectivity index (χ0v) is 17.3. The van der Waals surface area contributed by atoms with Crippen molar-refractivity contribution in [3.8, 4) is 0 Å². The van der Waals surface area contributed by atoms with Crippen LogP contribution in [0.2, 0.25) is 0 Å². The van der Waals surface area contributed by atoms with Gasteiger partial charge in [0.05, 0.1) is 11.4 Å². The van der Waals surface area contributed by atoms with Crippen LogP contribution < -0.4 is 15.1 Å². The van der Waals surface area contributed by atoms with Crippen LogP contribution in [0.1, 0.15) is 39.5 Å². The lowest BCUT2D eigenvalue weighted by atomic mass is 10.2. The minimum absolute atomic E-state index is 1.14. The number of fused-ring (bicyclic) bond motifs is 2. The lowest BCUT2D eigenvalue weighted by Crippen LogP contribution is -2.25. The summed E-state index contributed by atoms with van der Waals surface area (Å²) in [6.07, 6.45) is 4.97. The highest BCUT2D eigenvalue weighted by Gasteiger charge is 2.18. The van der Waals surface area contributed by atoms with Crippen molar-refractivity contribution in [3.63, 3.8) is 0 Å². The summed E-state index contributed by atoms with van der Waals surface area (Å²) < 4.78 is 0. The maximum Gasteiger partial charge on any atom is 0.0547 e. The summed E-state index contributed by atoms with van der Waals surface area (Å²) in [6.45, 7) is 6.82. The maximum atomic E-state index is 3.67. The Labute approximate surface area is 162 Å². The maximum absolute atomic E-state index is 3.67. The van der Waals surface area contributed by atoms with Gasteiger partial charge in [-0.2, -0.15) is 0 Å². The second-order valence-corrected chi connectivity index (χ2v) is 8.26. The standard InChI is InChI=1S/C22H31N3S/c1-5-7-13-25(14-8-6-2)18-10-12-22-20(16-18)23-19-15-17(24(3)4)9-11-21(19)26-22/h9-12,15-16,23H,5-8,13-14H2,1-4H3. The van der Waals surface area contributed by atoms with Crippen LogP contribution in [0.5, 0.6) is 0 Å². The highest BCUT2D eigenvalue weighted by atomic mass is 32.2. The molecule has 26 heavy (non-hydrogen) atoms.